The SMILES string of the molecule is C=CCOC(=O)N1[C@@H]2c3c(cc(OC(=O)C(F)(F)F)c(OC)c3O)C[C@H]1[C@H](C#N)N1[C@@H](CO)c3c(c(OCC=C)c(C)c4c3OCO4)C[C@@H]21. The first-order valence-corrected chi connectivity index (χ1v) is 15.2. The Morgan fingerprint density at radius 3 is 2.47 bits per heavy atom. The largest absolute Gasteiger partial charge is 0.504 e. The number of phenolic OH excluding ortho intramolecular Hbond substituents is 1. The minimum Gasteiger partial charge on any atom is -0.504 e. The smallest absolute Gasteiger partial charge is 0.491 e. The lowest BCUT2D eigenvalue weighted by atomic mass is 9.72. The number of esters is 1. The number of methoxy groups -OCH3 is 1. The van der Waals surface area contributed by atoms with Gasteiger partial charge in [0.25, 0.3) is 0 Å². The topological polar surface area (TPSA) is 160 Å². The summed E-state index contributed by atoms with van der Waals surface area (Å²) in [6, 6.07) is -1.64. The standard InChI is InChI=1S/C33H32F3N3O10/c1-5-7-45-27-15(3)28-30(48-14-47-28)24-17(27)11-19-25-23-16(10-22(29(44-4)26(23)41)49-31(42)33(34,35)36)9-18(39(25)32(43)46-8-6-2)20(12-37)38(19)21(24)13-40/h5-6,10,18-21,25,40-41H,1-2,7-9,11,13-14H2,3-4H3/t18-,19-,20-,21-,25-/m0/s1. The molecule has 0 unspecified atom stereocenters. The van der Waals surface area contributed by atoms with Gasteiger partial charge < -0.3 is 38.6 Å². The number of nitrogens with zero attached hydrogens (tertiary/aromatic N) is 3. The van der Waals surface area contributed by atoms with Gasteiger partial charge >= 0.3 is 18.2 Å². The summed E-state index contributed by atoms with van der Waals surface area (Å²) in [5.74, 6) is -3.27. The van der Waals surface area contributed by atoms with Crippen LogP contribution in [0.3, 0.4) is 0 Å². The van der Waals surface area contributed by atoms with Crippen LogP contribution < -0.4 is 23.7 Å². The monoisotopic (exact) mass is 687 g/mol. The molecule has 1 saturated heterocycles. The Morgan fingerprint density at radius 2 is 1.84 bits per heavy atom. The van der Waals surface area contributed by atoms with Crippen molar-refractivity contribution in [3.8, 4) is 40.6 Å². The van der Waals surface area contributed by atoms with Gasteiger partial charge in [0.1, 0.15) is 25.0 Å². The van der Waals surface area contributed by atoms with Crippen LogP contribution in [0.4, 0.5) is 18.0 Å². The lowest BCUT2D eigenvalue weighted by molar-refractivity contribution is -0.189. The highest BCUT2D eigenvalue weighted by atomic mass is 19.4. The van der Waals surface area contributed by atoms with E-state index in [1.54, 1.807) is 17.9 Å². The highest BCUT2D eigenvalue weighted by molar-refractivity contribution is 5.80. The van der Waals surface area contributed by atoms with E-state index in [0.717, 1.165) is 13.2 Å². The third-order valence-corrected chi connectivity index (χ3v) is 9.23. The molecule has 1 fully saturated rings. The second-order valence-corrected chi connectivity index (χ2v) is 11.7. The van der Waals surface area contributed by atoms with E-state index in [-0.39, 0.29) is 44.0 Å². The van der Waals surface area contributed by atoms with Gasteiger partial charge in [0.05, 0.1) is 37.9 Å². The van der Waals surface area contributed by atoms with Crippen LogP contribution in [0.25, 0.3) is 0 Å². The number of aliphatic hydroxyl groups excluding tert-OH is 1. The third kappa shape index (κ3) is 5.24. The average molecular weight is 688 g/mol. The van der Waals surface area contributed by atoms with E-state index in [1.807, 2.05) is 0 Å². The molecule has 5 atom stereocenters. The molecule has 2 aromatic carbocycles. The van der Waals surface area contributed by atoms with E-state index in [9.17, 15) is 38.2 Å². The highest BCUT2D eigenvalue weighted by Crippen LogP contribution is 2.59. The number of carbonyl (C=O) groups is 2. The molecule has 6 rings (SSSR count). The van der Waals surface area contributed by atoms with Gasteiger partial charge in [-0.05, 0) is 31.4 Å². The van der Waals surface area contributed by atoms with Crippen LogP contribution in [0.2, 0.25) is 0 Å². The number of amides is 1. The van der Waals surface area contributed by atoms with Crippen molar-refractivity contribution in [3.63, 3.8) is 0 Å². The maximum absolute atomic E-state index is 13.8. The molecule has 4 heterocycles. The first kappa shape index (κ1) is 33.7. The van der Waals surface area contributed by atoms with E-state index in [2.05, 4.69) is 24.0 Å². The van der Waals surface area contributed by atoms with Gasteiger partial charge in [-0.3, -0.25) is 9.80 Å². The number of aliphatic hydroxyl groups is 1. The predicted octanol–water partition coefficient (Wildman–Crippen LogP) is 3.93. The zero-order chi connectivity index (χ0) is 35.4. The van der Waals surface area contributed by atoms with Crippen molar-refractivity contribution in [1.82, 2.24) is 9.80 Å². The average Bonchev–Trinajstić information content (AvgIpc) is 3.56. The summed E-state index contributed by atoms with van der Waals surface area (Å²) in [5, 5.41) is 33.4. The summed E-state index contributed by atoms with van der Waals surface area (Å²) in [5.41, 5.74) is 2.02. The lowest BCUT2D eigenvalue weighted by Gasteiger charge is -2.59. The summed E-state index contributed by atoms with van der Waals surface area (Å²) in [6.45, 7) is 8.42. The Bertz CT molecular complexity index is 1770. The van der Waals surface area contributed by atoms with E-state index >= 15 is 0 Å². The summed E-state index contributed by atoms with van der Waals surface area (Å²) in [4.78, 5) is 28.7. The van der Waals surface area contributed by atoms with Crippen molar-refractivity contribution < 1.29 is 61.4 Å². The van der Waals surface area contributed by atoms with Crippen molar-refractivity contribution in [3.05, 3.63) is 59.2 Å². The molecule has 2 aromatic rings. The summed E-state index contributed by atoms with van der Waals surface area (Å²) in [6.07, 6.45) is -3.40. The second kappa shape index (κ2) is 12.7. The van der Waals surface area contributed by atoms with Crippen LogP contribution in [0.5, 0.6) is 34.5 Å². The molecular formula is C33H32F3N3O10. The van der Waals surface area contributed by atoms with Crippen molar-refractivity contribution in [2.24, 2.45) is 0 Å². The van der Waals surface area contributed by atoms with Gasteiger partial charge in [-0.25, -0.2) is 9.59 Å². The van der Waals surface area contributed by atoms with Crippen LogP contribution in [0.1, 0.15) is 39.9 Å². The fraction of sp³-hybridized carbons (Fsp3) is 0.424. The van der Waals surface area contributed by atoms with Crippen LogP contribution >= 0.6 is 0 Å². The van der Waals surface area contributed by atoms with Crippen molar-refractivity contribution in [1.29, 1.82) is 5.26 Å². The van der Waals surface area contributed by atoms with Crippen LogP contribution in [-0.2, 0) is 22.4 Å². The fourth-order valence-corrected chi connectivity index (χ4v) is 7.53. The molecule has 0 saturated carbocycles. The fourth-order valence-electron chi connectivity index (χ4n) is 7.53. The number of benzene rings is 2. The minimum atomic E-state index is -5.35. The van der Waals surface area contributed by atoms with Gasteiger partial charge in [-0.15, -0.1) is 0 Å². The van der Waals surface area contributed by atoms with Crippen LogP contribution in [0.15, 0.2) is 31.4 Å². The molecule has 0 spiro atoms. The molecule has 16 heteroatoms. The number of piperazine rings is 1. The van der Waals surface area contributed by atoms with Gasteiger partial charge in [-0.1, -0.05) is 25.3 Å². The number of phenols is 1. The van der Waals surface area contributed by atoms with Crippen LogP contribution in [-0.4, -0.2) is 90.1 Å². The lowest BCUT2D eigenvalue weighted by Crippen LogP contribution is -2.70. The molecule has 4 aliphatic rings. The van der Waals surface area contributed by atoms with Crippen molar-refractivity contribution >= 4 is 12.1 Å². The maximum Gasteiger partial charge on any atom is 0.491 e. The van der Waals surface area contributed by atoms with E-state index in [0.29, 0.717) is 33.9 Å². The number of ether oxygens (including phenoxy) is 6. The van der Waals surface area contributed by atoms with Crippen molar-refractivity contribution in [2.45, 2.75) is 56.2 Å². The third-order valence-electron chi connectivity index (χ3n) is 9.23. The predicted molar refractivity (Wildman–Crippen MR) is 162 cm³/mol. The molecule has 0 radical (unpaired) electrons. The van der Waals surface area contributed by atoms with Gasteiger partial charge in [0.2, 0.25) is 12.5 Å². The van der Waals surface area contributed by atoms with E-state index < -0.39 is 72.3 Å². The Labute approximate surface area is 278 Å². The quantitative estimate of drug-likeness (QED) is 0.234. The van der Waals surface area contributed by atoms with Gasteiger partial charge in [0.15, 0.2) is 23.0 Å². The molecule has 260 valence electrons. The van der Waals surface area contributed by atoms with E-state index in [1.165, 1.54) is 11.0 Å². The first-order chi connectivity index (χ1) is 23.4. The molecule has 13 nitrogen and oxygen atoms in total. The molecule has 4 aliphatic heterocycles. The molecule has 0 aromatic heterocycles. The van der Waals surface area contributed by atoms with Crippen molar-refractivity contribution in [2.75, 3.05) is 33.7 Å². The molecule has 2 N–H and O–H groups in total. The summed E-state index contributed by atoms with van der Waals surface area (Å²) >= 11 is 0. The van der Waals surface area contributed by atoms with Gasteiger partial charge in [0, 0.05) is 28.3 Å². The molecular weight excluding hydrogens is 655 g/mol. The Balaban J connectivity index is 1.60. The number of aromatic hydroxyl groups is 1. The second-order valence-electron chi connectivity index (χ2n) is 11.7. The number of fused-ring (bicyclic) bond motifs is 9. The number of alkyl halides is 3. The first-order valence-electron chi connectivity index (χ1n) is 15.2. The van der Waals surface area contributed by atoms with E-state index in [4.69, 9.17) is 23.7 Å². The zero-order valence-electron chi connectivity index (χ0n) is 26.4. The van der Waals surface area contributed by atoms with Gasteiger partial charge in [-0.2, -0.15) is 18.4 Å². The summed E-state index contributed by atoms with van der Waals surface area (Å²) in [7, 11) is 1.07. The Hall–Kier alpha value is -5.14. The highest BCUT2D eigenvalue weighted by Gasteiger charge is 2.59. The molecule has 1 amide bonds. The minimum absolute atomic E-state index is 0.0720. The Morgan fingerprint density at radius 1 is 1.12 bits per heavy atom. The number of halogens is 3. The molecule has 0 aliphatic carbocycles. The zero-order valence-corrected chi connectivity index (χ0v) is 26.4. The van der Waals surface area contributed by atoms with Crippen LogP contribution in [0, 0.1) is 18.3 Å². The molecule has 49 heavy (non-hydrogen) atoms. The normalized spacial score (nSPS) is 23.3. The summed E-state index contributed by atoms with van der Waals surface area (Å²) < 4.78 is 72.7. The number of nitriles is 1. The number of hydrogen-bond donors (Lipinski definition) is 2. The molecule has 2 bridgehead atoms. The number of carbonyl (C=O) groups excluding carboxylic acids is 2. The maximum atomic E-state index is 13.8. The number of rotatable bonds is 8. The Kier molecular flexibility index (Phi) is 8.76. The number of hydrogen-bond acceptors (Lipinski definition) is 12.